The van der Waals surface area contributed by atoms with Crippen LogP contribution < -0.4 is 5.32 Å². The van der Waals surface area contributed by atoms with Crippen LogP contribution in [0.3, 0.4) is 0 Å². The van der Waals surface area contributed by atoms with Gasteiger partial charge in [0.05, 0.1) is 16.1 Å². The van der Waals surface area contributed by atoms with Gasteiger partial charge in [0, 0.05) is 13.2 Å². The molecule has 1 aromatic rings. The van der Waals surface area contributed by atoms with Crippen LogP contribution in [0.1, 0.15) is 26.7 Å². The Labute approximate surface area is 123 Å². The molecule has 0 radical (unpaired) electrons. The van der Waals surface area contributed by atoms with Crippen LogP contribution in [0.25, 0.3) is 0 Å². The van der Waals surface area contributed by atoms with E-state index < -0.39 is 0 Å². The third-order valence-corrected chi connectivity index (χ3v) is 3.16. The zero-order valence-electron chi connectivity index (χ0n) is 10.5. The Morgan fingerprint density at radius 2 is 1.94 bits per heavy atom. The van der Waals surface area contributed by atoms with Crippen molar-refractivity contribution >= 4 is 40.6 Å². The molecule has 0 spiro atoms. The molecule has 0 aliphatic carbocycles. The van der Waals surface area contributed by atoms with E-state index in [-0.39, 0.29) is 11.3 Å². The molecule has 6 heteroatoms. The molecule has 0 aliphatic heterocycles. The van der Waals surface area contributed by atoms with E-state index in [0.717, 1.165) is 26.0 Å². The fraction of sp³-hybridized carbons (Fsp3) is 0.583. The first-order valence-electron chi connectivity index (χ1n) is 5.87. The van der Waals surface area contributed by atoms with Crippen LogP contribution in [0.5, 0.6) is 0 Å². The first kappa shape index (κ1) is 15.8. The summed E-state index contributed by atoms with van der Waals surface area (Å²) in [6, 6.07) is 1.59. The third-order valence-electron chi connectivity index (χ3n) is 2.20. The summed E-state index contributed by atoms with van der Waals surface area (Å²) in [6.07, 6.45) is 2.25. The van der Waals surface area contributed by atoms with Gasteiger partial charge in [0.2, 0.25) is 0 Å². The van der Waals surface area contributed by atoms with E-state index in [2.05, 4.69) is 10.3 Å². The number of nitrogens with zero attached hydrogens (tertiary/aromatic N) is 1. The minimum Gasteiger partial charge on any atom is -0.379 e. The van der Waals surface area contributed by atoms with Crippen LogP contribution in [0.15, 0.2) is 6.07 Å². The van der Waals surface area contributed by atoms with E-state index in [0.29, 0.717) is 15.9 Å². The van der Waals surface area contributed by atoms with E-state index in [1.54, 1.807) is 6.07 Å². The number of hydrogen-bond donors (Lipinski definition) is 1. The van der Waals surface area contributed by atoms with Gasteiger partial charge in [-0.1, -0.05) is 34.8 Å². The molecule has 0 aromatic carbocycles. The van der Waals surface area contributed by atoms with Gasteiger partial charge in [0.25, 0.3) is 0 Å². The normalized spacial score (nSPS) is 11.0. The van der Waals surface area contributed by atoms with Crippen molar-refractivity contribution in [2.45, 2.75) is 32.8 Å². The molecule has 0 amide bonds. The first-order valence-corrected chi connectivity index (χ1v) is 7.01. The quantitative estimate of drug-likeness (QED) is 0.587. The van der Waals surface area contributed by atoms with Gasteiger partial charge in [-0.2, -0.15) is 0 Å². The van der Waals surface area contributed by atoms with Gasteiger partial charge in [-0.15, -0.1) is 0 Å². The molecule has 0 saturated carbocycles. The summed E-state index contributed by atoms with van der Waals surface area (Å²) >= 11 is 17.6. The largest absolute Gasteiger partial charge is 0.379 e. The topological polar surface area (TPSA) is 34.1 Å². The van der Waals surface area contributed by atoms with Crippen molar-refractivity contribution in [2.24, 2.45) is 0 Å². The van der Waals surface area contributed by atoms with E-state index >= 15 is 0 Å². The summed E-state index contributed by atoms with van der Waals surface area (Å²) < 4.78 is 5.44. The number of halogens is 3. The highest BCUT2D eigenvalue weighted by Gasteiger charge is 2.06. The molecule has 1 N–H and O–H groups in total. The number of rotatable bonds is 7. The fourth-order valence-electron chi connectivity index (χ4n) is 1.32. The average molecular weight is 312 g/mol. The number of unbranched alkanes of at least 4 members (excludes halogenated alkanes) is 1. The van der Waals surface area contributed by atoms with Gasteiger partial charge >= 0.3 is 0 Å². The van der Waals surface area contributed by atoms with Crippen molar-refractivity contribution in [1.29, 1.82) is 0 Å². The zero-order chi connectivity index (χ0) is 13.5. The van der Waals surface area contributed by atoms with Gasteiger partial charge in [0.15, 0.2) is 0 Å². The Hall–Kier alpha value is -0.220. The van der Waals surface area contributed by atoms with Crippen LogP contribution in [0.4, 0.5) is 5.82 Å². The van der Waals surface area contributed by atoms with Crippen LogP contribution in [-0.4, -0.2) is 24.2 Å². The highest BCUT2D eigenvalue weighted by molar-refractivity contribution is 6.42. The minimum atomic E-state index is 0.256. The minimum absolute atomic E-state index is 0.256. The van der Waals surface area contributed by atoms with E-state index in [1.807, 2.05) is 13.8 Å². The maximum absolute atomic E-state index is 5.99. The van der Waals surface area contributed by atoms with Crippen molar-refractivity contribution in [2.75, 3.05) is 18.5 Å². The lowest BCUT2D eigenvalue weighted by Crippen LogP contribution is -2.08. The van der Waals surface area contributed by atoms with E-state index in [1.165, 1.54) is 0 Å². The number of ether oxygens (including phenoxy) is 1. The molecule has 102 valence electrons. The van der Waals surface area contributed by atoms with E-state index in [4.69, 9.17) is 39.5 Å². The van der Waals surface area contributed by atoms with Gasteiger partial charge < -0.3 is 10.1 Å². The molecular weight excluding hydrogens is 295 g/mol. The fourth-order valence-corrected chi connectivity index (χ4v) is 1.89. The molecule has 0 atom stereocenters. The molecule has 1 aromatic heterocycles. The Bertz CT molecular complexity index is 386. The SMILES string of the molecule is CC(C)OCCCCNc1nc(Cl)c(Cl)cc1Cl. The van der Waals surface area contributed by atoms with Crippen LogP contribution in [0, 0.1) is 0 Å². The Kier molecular flexibility index (Phi) is 7.08. The highest BCUT2D eigenvalue weighted by Crippen LogP contribution is 2.28. The second-order valence-electron chi connectivity index (χ2n) is 4.14. The number of nitrogens with one attached hydrogen (secondary N) is 1. The lowest BCUT2D eigenvalue weighted by molar-refractivity contribution is 0.0765. The third kappa shape index (κ3) is 5.61. The summed E-state index contributed by atoms with van der Waals surface area (Å²) in [4.78, 5) is 4.08. The first-order chi connectivity index (χ1) is 8.50. The Morgan fingerprint density at radius 3 is 2.61 bits per heavy atom. The van der Waals surface area contributed by atoms with Gasteiger partial charge in [-0.3, -0.25) is 0 Å². The number of pyridine rings is 1. The number of aromatic nitrogens is 1. The smallest absolute Gasteiger partial charge is 0.150 e. The summed E-state index contributed by atoms with van der Waals surface area (Å²) in [7, 11) is 0. The predicted octanol–water partition coefficient (Wildman–Crippen LogP) is 4.66. The monoisotopic (exact) mass is 310 g/mol. The number of anilines is 1. The van der Waals surface area contributed by atoms with Crippen molar-refractivity contribution in [3.05, 3.63) is 21.3 Å². The molecule has 18 heavy (non-hydrogen) atoms. The van der Waals surface area contributed by atoms with Gasteiger partial charge in [-0.05, 0) is 32.8 Å². The van der Waals surface area contributed by atoms with Crippen molar-refractivity contribution in [3.63, 3.8) is 0 Å². The number of hydrogen-bond acceptors (Lipinski definition) is 3. The second-order valence-corrected chi connectivity index (χ2v) is 5.32. The molecule has 0 aliphatic rings. The standard InChI is InChI=1S/C12H17Cl3N2O/c1-8(2)18-6-4-3-5-16-12-10(14)7-9(13)11(15)17-12/h7-8H,3-6H2,1-2H3,(H,16,17). The maximum Gasteiger partial charge on any atom is 0.150 e. The Balaban J connectivity index is 2.29. The summed E-state index contributed by atoms with van der Waals surface area (Å²) in [5.41, 5.74) is 0. The molecular formula is C12H17Cl3N2O. The Morgan fingerprint density at radius 1 is 1.22 bits per heavy atom. The molecule has 0 unspecified atom stereocenters. The van der Waals surface area contributed by atoms with Crippen molar-refractivity contribution < 1.29 is 4.74 Å². The van der Waals surface area contributed by atoms with Crippen molar-refractivity contribution in [1.82, 2.24) is 4.98 Å². The molecule has 0 saturated heterocycles. The molecule has 1 rings (SSSR count). The molecule has 3 nitrogen and oxygen atoms in total. The lowest BCUT2D eigenvalue weighted by atomic mass is 10.3. The van der Waals surface area contributed by atoms with Crippen LogP contribution >= 0.6 is 34.8 Å². The van der Waals surface area contributed by atoms with E-state index in [9.17, 15) is 0 Å². The summed E-state index contributed by atoms with van der Waals surface area (Å²) in [5.74, 6) is 0.566. The summed E-state index contributed by atoms with van der Waals surface area (Å²) in [5, 5.41) is 4.22. The predicted molar refractivity (Wildman–Crippen MR) is 78.1 cm³/mol. The maximum atomic E-state index is 5.99. The van der Waals surface area contributed by atoms with Crippen LogP contribution in [-0.2, 0) is 4.74 Å². The average Bonchev–Trinajstić information content (AvgIpc) is 2.29. The second kappa shape index (κ2) is 8.05. The lowest BCUT2D eigenvalue weighted by Gasteiger charge is -2.09. The van der Waals surface area contributed by atoms with Crippen LogP contribution in [0.2, 0.25) is 15.2 Å². The van der Waals surface area contributed by atoms with Crippen molar-refractivity contribution in [3.8, 4) is 0 Å². The zero-order valence-corrected chi connectivity index (χ0v) is 12.7. The molecule has 0 bridgehead atoms. The molecule has 1 heterocycles. The summed E-state index contributed by atoms with van der Waals surface area (Å²) in [6.45, 7) is 5.59. The highest BCUT2D eigenvalue weighted by atomic mass is 35.5. The van der Waals surface area contributed by atoms with Gasteiger partial charge in [0.1, 0.15) is 11.0 Å². The van der Waals surface area contributed by atoms with Gasteiger partial charge in [-0.25, -0.2) is 4.98 Å². The molecule has 0 fully saturated rings.